The van der Waals surface area contributed by atoms with Gasteiger partial charge in [-0.2, -0.15) is 5.10 Å². The largest absolute Gasteiger partial charge is 0.370 e. The van der Waals surface area contributed by atoms with Crippen LogP contribution in [0.15, 0.2) is 12.4 Å². The van der Waals surface area contributed by atoms with Crippen LogP contribution in [0.5, 0.6) is 0 Å². The van der Waals surface area contributed by atoms with E-state index >= 15 is 0 Å². The third-order valence-electron chi connectivity index (χ3n) is 3.98. The minimum atomic E-state index is -0.562. The first-order valence-corrected chi connectivity index (χ1v) is 6.62. The average molecular weight is 250 g/mol. The van der Waals surface area contributed by atoms with E-state index in [1.165, 1.54) is 6.42 Å². The van der Waals surface area contributed by atoms with Gasteiger partial charge in [-0.05, 0) is 30.7 Å². The van der Waals surface area contributed by atoms with E-state index in [-0.39, 0.29) is 5.78 Å². The Morgan fingerprint density at radius 1 is 1.67 bits per heavy atom. The zero-order valence-electron chi connectivity index (χ0n) is 11.5. The highest BCUT2D eigenvalue weighted by Crippen LogP contribution is 2.36. The molecule has 1 fully saturated rings. The summed E-state index contributed by atoms with van der Waals surface area (Å²) in [7, 11) is 3.53. The lowest BCUT2D eigenvalue weighted by Crippen LogP contribution is -2.45. The molecule has 1 aliphatic rings. The highest BCUT2D eigenvalue weighted by Gasteiger charge is 2.41. The van der Waals surface area contributed by atoms with Gasteiger partial charge in [0.15, 0.2) is 5.78 Å². The number of carbonyl (C=O) groups is 1. The van der Waals surface area contributed by atoms with E-state index in [0.29, 0.717) is 12.3 Å². The van der Waals surface area contributed by atoms with E-state index in [4.69, 9.17) is 4.74 Å². The molecule has 0 aromatic carbocycles. The Balaban J connectivity index is 2.09. The van der Waals surface area contributed by atoms with Crippen molar-refractivity contribution < 1.29 is 9.53 Å². The second kappa shape index (κ2) is 5.22. The molecule has 4 heteroatoms. The van der Waals surface area contributed by atoms with Crippen LogP contribution in [0.2, 0.25) is 0 Å². The molecule has 2 atom stereocenters. The molecule has 0 N–H and O–H groups in total. The third-order valence-corrected chi connectivity index (χ3v) is 3.98. The van der Waals surface area contributed by atoms with Crippen LogP contribution in [0.1, 0.15) is 38.2 Å². The standard InChI is InChI=1S/C14H22N2O2/c1-11-5-4-6-14(8-11,18-3)13(17)7-12-9-15-16(2)10-12/h9-11H,4-8H2,1-3H3. The first kappa shape index (κ1) is 13.3. The van der Waals surface area contributed by atoms with Crippen molar-refractivity contribution in [1.29, 1.82) is 0 Å². The summed E-state index contributed by atoms with van der Waals surface area (Å²) in [6.45, 7) is 2.20. The second-order valence-corrected chi connectivity index (χ2v) is 5.52. The van der Waals surface area contributed by atoms with E-state index in [9.17, 15) is 4.79 Å². The van der Waals surface area contributed by atoms with Crippen LogP contribution in [-0.2, 0) is 23.0 Å². The molecule has 1 aliphatic carbocycles. The minimum absolute atomic E-state index is 0.199. The number of Topliss-reactive ketones (excluding diaryl/α,β-unsaturated/α-hetero) is 1. The van der Waals surface area contributed by atoms with Gasteiger partial charge in [0.1, 0.15) is 5.60 Å². The van der Waals surface area contributed by atoms with Crippen LogP contribution in [0.3, 0.4) is 0 Å². The molecular weight excluding hydrogens is 228 g/mol. The lowest BCUT2D eigenvalue weighted by Gasteiger charge is -2.37. The zero-order valence-corrected chi connectivity index (χ0v) is 11.5. The summed E-state index contributed by atoms with van der Waals surface area (Å²) in [5, 5.41) is 4.10. The molecule has 0 spiro atoms. The summed E-state index contributed by atoms with van der Waals surface area (Å²) in [5.74, 6) is 0.765. The van der Waals surface area contributed by atoms with Crippen LogP contribution in [0.25, 0.3) is 0 Å². The van der Waals surface area contributed by atoms with E-state index in [1.807, 2.05) is 13.2 Å². The highest BCUT2D eigenvalue weighted by atomic mass is 16.5. The zero-order chi connectivity index (χ0) is 13.2. The maximum absolute atomic E-state index is 12.5. The summed E-state index contributed by atoms with van der Waals surface area (Å²) >= 11 is 0. The van der Waals surface area contributed by atoms with Gasteiger partial charge in [0, 0.05) is 26.8 Å². The number of hydrogen-bond donors (Lipinski definition) is 0. The molecule has 2 unspecified atom stereocenters. The molecule has 0 bridgehead atoms. The number of aromatic nitrogens is 2. The number of carbonyl (C=O) groups excluding carboxylic acids is 1. The molecule has 0 radical (unpaired) electrons. The number of nitrogens with zero attached hydrogens (tertiary/aromatic N) is 2. The van der Waals surface area contributed by atoms with Gasteiger partial charge in [0.2, 0.25) is 0 Å². The number of methoxy groups -OCH3 is 1. The topological polar surface area (TPSA) is 44.1 Å². The van der Waals surface area contributed by atoms with Crippen molar-refractivity contribution in [3.05, 3.63) is 18.0 Å². The molecule has 0 saturated heterocycles. The first-order chi connectivity index (χ1) is 8.55. The van der Waals surface area contributed by atoms with Crippen molar-refractivity contribution in [2.24, 2.45) is 13.0 Å². The summed E-state index contributed by atoms with van der Waals surface area (Å²) in [4.78, 5) is 12.5. The number of rotatable bonds is 4. The number of hydrogen-bond acceptors (Lipinski definition) is 3. The van der Waals surface area contributed by atoms with Crippen LogP contribution in [0, 0.1) is 5.92 Å². The van der Waals surface area contributed by atoms with Crippen molar-refractivity contribution in [3.8, 4) is 0 Å². The summed E-state index contributed by atoms with van der Waals surface area (Å²) in [6, 6.07) is 0. The molecule has 1 saturated carbocycles. The van der Waals surface area contributed by atoms with Crippen LogP contribution in [-0.4, -0.2) is 28.3 Å². The van der Waals surface area contributed by atoms with Gasteiger partial charge in [-0.1, -0.05) is 13.3 Å². The van der Waals surface area contributed by atoms with Gasteiger partial charge >= 0.3 is 0 Å². The minimum Gasteiger partial charge on any atom is -0.370 e. The Hall–Kier alpha value is -1.16. The summed E-state index contributed by atoms with van der Waals surface area (Å²) < 4.78 is 7.34. The highest BCUT2D eigenvalue weighted by molar-refractivity contribution is 5.89. The Morgan fingerprint density at radius 3 is 3.00 bits per heavy atom. The van der Waals surface area contributed by atoms with Crippen molar-refractivity contribution in [1.82, 2.24) is 9.78 Å². The molecule has 4 nitrogen and oxygen atoms in total. The van der Waals surface area contributed by atoms with Crippen molar-refractivity contribution in [2.45, 2.75) is 44.6 Å². The SMILES string of the molecule is COC1(C(=O)Cc2cnn(C)c2)CCCC(C)C1. The Kier molecular flexibility index (Phi) is 3.85. The molecule has 0 aliphatic heterocycles. The van der Waals surface area contributed by atoms with Gasteiger partial charge in [-0.15, -0.1) is 0 Å². The van der Waals surface area contributed by atoms with E-state index in [1.54, 1.807) is 18.0 Å². The van der Waals surface area contributed by atoms with Crippen LogP contribution in [0.4, 0.5) is 0 Å². The maximum atomic E-state index is 12.5. The van der Waals surface area contributed by atoms with Gasteiger partial charge in [-0.3, -0.25) is 9.48 Å². The normalized spacial score (nSPS) is 28.3. The van der Waals surface area contributed by atoms with Gasteiger partial charge in [0.25, 0.3) is 0 Å². The predicted molar refractivity (Wildman–Crippen MR) is 69.3 cm³/mol. The van der Waals surface area contributed by atoms with Crippen LogP contribution < -0.4 is 0 Å². The fourth-order valence-electron chi connectivity index (χ4n) is 2.97. The number of aryl methyl sites for hydroxylation is 1. The van der Waals surface area contributed by atoms with E-state index in [0.717, 1.165) is 24.8 Å². The van der Waals surface area contributed by atoms with Gasteiger partial charge in [-0.25, -0.2) is 0 Å². The number of ether oxygens (including phenoxy) is 1. The van der Waals surface area contributed by atoms with Gasteiger partial charge < -0.3 is 4.74 Å². The monoisotopic (exact) mass is 250 g/mol. The van der Waals surface area contributed by atoms with Gasteiger partial charge in [0.05, 0.1) is 6.20 Å². The average Bonchev–Trinajstić information content (AvgIpc) is 2.74. The fraction of sp³-hybridized carbons (Fsp3) is 0.714. The van der Waals surface area contributed by atoms with Crippen molar-refractivity contribution >= 4 is 5.78 Å². The molecule has 1 aromatic rings. The molecule has 0 amide bonds. The van der Waals surface area contributed by atoms with E-state index < -0.39 is 5.60 Å². The summed E-state index contributed by atoms with van der Waals surface area (Å²) in [5.41, 5.74) is 0.408. The molecule has 100 valence electrons. The van der Waals surface area contributed by atoms with E-state index in [2.05, 4.69) is 12.0 Å². The smallest absolute Gasteiger partial charge is 0.169 e. The molecule has 18 heavy (non-hydrogen) atoms. The predicted octanol–water partition coefficient (Wildman–Crippen LogP) is 2.13. The van der Waals surface area contributed by atoms with Crippen LogP contribution >= 0.6 is 0 Å². The molecule has 1 heterocycles. The lowest BCUT2D eigenvalue weighted by atomic mass is 9.75. The Labute approximate surface area is 108 Å². The maximum Gasteiger partial charge on any atom is 0.169 e. The molecular formula is C14H22N2O2. The lowest BCUT2D eigenvalue weighted by molar-refractivity contribution is -0.146. The third kappa shape index (κ3) is 2.64. The summed E-state index contributed by atoms with van der Waals surface area (Å²) in [6.07, 6.45) is 8.06. The second-order valence-electron chi connectivity index (χ2n) is 5.52. The fourth-order valence-corrected chi connectivity index (χ4v) is 2.97. The van der Waals surface area contributed by atoms with Crippen molar-refractivity contribution in [3.63, 3.8) is 0 Å². The Morgan fingerprint density at radius 2 is 2.44 bits per heavy atom. The quantitative estimate of drug-likeness (QED) is 0.822. The van der Waals surface area contributed by atoms with Crippen molar-refractivity contribution in [2.75, 3.05) is 7.11 Å². The number of ketones is 1. The first-order valence-electron chi connectivity index (χ1n) is 6.62. The Bertz CT molecular complexity index is 427. The molecule has 2 rings (SSSR count). The molecule has 1 aromatic heterocycles.